The molecule has 0 N–H and O–H groups in total. The van der Waals surface area contributed by atoms with Crippen molar-refractivity contribution in [2.24, 2.45) is 0 Å². The molecule has 0 fully saturated rings. The van der Waals surface area contributed by atoms with Gasteiger partial charge in [-0.2, -0.15) is 0 Å². The number of benzene rings is 2. The maximum absolute atomic E-state index is 5.94. The normalized spacial score (nSPS) is 10.5. The van der Waals surface area contributed by atoms with Crippen LogP contribution in [0.3, 0.4) is 0 Å². The fraction of sp³-hybridized carbons (Fsp3) is 0.0625. The van der Waals surface area contributed by atoms with Gasteiger partial charge in [0, 0.05) is 0 Å². The van der Waals surface area contributed by atoms with E-state index in [1.807, 2.05) is 6.07 Å². The van der Waals surface area contributed by atoms with Crippen LogP contribution in [0, 0.1) is 6.92 Å². The summed E-state index contributed by atoms with van der Waals surface area (Å²) in [4.78, 5) is 0. The van der Waals surface area contributed by atoms with Gasteiger partial charge in [-0.25, -0.2) is 0 Å². The summed E-state index contributed by atoms with van der Waals surface area (Å²) in [6.07, 6.45) is 0. The molecule has 0 aliphatic carbocycles. The third-order valence-electron chi connectivity index (χ3n) is 2.95. The first-order chi connectivity index (χ1) is 8.84. The molecule has 3 aromatic rings. The summed E-state index contributed by atoms with van der Waals surface area (Å²) in [5.41, 5.74) is 3.78. The van der Waals surface area contributed by atoms with Crippen molar-refractivity contribution < 1.29 is 2.76 Å². The molecule has 18 heavy (non-hydrogen) atoms. The van der Waals surface area contributed by atoms with Crippen LogP contribution in [-0.4, -0.2) is 20.9 Å². The van der Waals surface area contributed by atoms with Crippen molar-refractivity contribution in [3.8, 4) is 20.5 Å². The Morgan fingerprint density at radius 1 is 0.889 bits per heavy atom. The minimum atomic E-state index is -0.542. The van der Waals surface area contributed by atoms with Gasteiger partial charge in [0.1, 0.15) is 0 Å². The van der Waals surface area contributed by atoms with E-state index in [9.17, 15) is 0 Å². The van der Waals surface area contributed by atoms with Gasteiger partial charge >= 0.3 is 117 Å². The van der Waals surface area contributed by atoms with Crippen LogP contribution in [0.2, 0.25) is 0 Å². The van der Waals surface area contributed by atoms with Gasteiger partial charge in [-0.3, -0.25) is 0 Å². The van der Waals surface area contributed by atoms with Gasteiger partial charge in [0.2, 0.25) is 0 Å². The summed E-state index contributed by atoms with van der Waals surface area (Å²) < 4.78 is 7.32. The quantitative estimate of drug-likeness (QED) is 0.497. The molecule has 2 heteroatoms. The van der Waals surface area contributed by atoms with Gasteiger partial charge in [0.15, 0.2) is 0 Å². The number of hydrogen-bond donors (Lipinski definition) is 0. The Labute approximate surface area is 117 Å². The second-order valence-corrected chi connectivity index (χ2v) is 6.43. The predicted octanol–water partition coefficient (Wildman–Crippen LogP) is 4.26. The van der Waals surface area contributed by atoms with Crippen molar-refractivity contribution in [1.82, 2.24) is 0 Å². The first kappa shape index (κ1) is 11.7. The monoisotopic (exact) mass is 351 g/mol. The molecule has 2 aromatic carbocycles. The zero-order chi connectivity index (χ0) is 12.4. The second kappa shape index (κ2) is 5.10. The van der Waals surface area contributed by atoms with Gasteiger partial charge in [0.25, 0.3) is 0 Å². The Kier molecular flexibility index (Phi) is 3.32. The third-order valence-corrected chi connectivity index (χ3v) is 5.22. The van der Waals surface area contributed by atoms with Crippen LogP contribution < -0.4 is 0 Å². The Morgan fingerprint density at radius 2 is 1.61 bits per heavy atom. The number of hydrogen-bond acceptors (Lipinski definition) is 0. The van der Waals surface area contributed by atoms with Gasteiger partial charge < -0.3 is 0 Å². The molecule has 0 unspecified atom stereocenters. The molecule has 0 radical (unpaired) electrons. The van der Waals surface area contributed by atoms with Gasteiger partial charge in [-0.1, -0.05) is 0 Å². The van der Waals surface area contributed by atoms with E-state index in [4.69, 9.17) is 2.76 Å². The Morgan fingerprint density at radius 3 is 2.39 bits per heavy atom. The average molecular weight is 349 g/mol. The van der Waals surface area contributed by atoms with E-state index in [1.165, 1.54) is 20.3 Å². The molecular weight excluding hydrogens is 336 g/mol. The fourth-order valence-corrected chi connectivity index (χ4v) is 3.97. The SMILES string of the molecule is Cc1ccccc1-c1cc(-c2ccccc2)[te][o+]1. The van der Waals surface area contributed by atoms with Crippen molar-refractivity contribution in [1.29, 1.82) is 0 Å². The zero-order valence-corrected chi connectivity index (χ0v) is 12.4. The molecule has 0 bridgehead atoms. The molecule has 88 valence electrons. The average Bonchev–Trinajstić information content (AvgIpc) is 2.90. The summed E-state index contributed by atoms with van der Waals surface area (Å²) in [6.45, 7) is 2.13. The third kappa shape index (κ3) is 2.27. The standard InChI is InChI=1S/C16H13OTe/c1-12-7-5-6-10-14(12)15-11-16(18-17-15)13-8-3-2-4-9-13/h2-11H,1H3/q+1. The van der Waals surface area contributed by atoms with E-state index in [-0.39, 0.29) is 0 Å². The fourth-order valence-electron chi connectivity index (χ4n) is 1.96. The van der Waals surface area contributed by atoms with Gasteiger partial charge in [-0.05, 0) is 0 Å². The van der Waals surface area contributed by atoms with Crippen molar-refractivity contribution >= 4 is 20.9 Å². The molecule has 1 heterocycles. The molecule has 3 rings (SSSR count). The first-order valence-corrected chi connectivity index (χ1v) is 8.01. The topological polar surface area (TPSA) is 11.3 Å². The summed E-state index contributed by atoms with van der Waals surface area (Å²) in [5.74, 6) is 1.04. The van der Waals surface area contributed by atoms with Crippen molar-refractivity contribution in [2.75, 3.05) is 0 Å². The molecule has 0 saturated heterocycles. The molecule has 0 atom stereocenters. The summed E-state index contributed by atoms with van der Waals surface area (Å²) in [5, 5.41) is 0. The van der Waals surface area contributed by atoms with Crippen molar-refractivity contribution in [2.45, 2.75) is 6.92 Å². The minimum absolute atomic E-state index is 0.542. The van der Waals surface area contributed by atoms with E-state index < -0.39 is 20.9 Å². The molecule has 1 aromatic heterocycles. The summed E-state index contributed by atoms with van der Waals surface area (Å²) >= 11 is -0.542. The Bertz CT molecular complexity index is 656. The first-order valence-electron chi connectivity index (χ1n) is 5.89. The molecule has 0 aliphatic heterocycles. The van der Waals surface area contributed by atoms with E-state index in [1.54, 1.807) is 0 Å². The van der Waals surface area contributed by atoms with E-state index >= 15 is 0 Å². The summed E-state index contributed by atoms with van der Waals surface area (Å²) in [7, 11) is 0. The predicted molar refractivity (Wildman–Crippen MR) is 75.7 cm³/mol. The van der Waals surface area contributed by atoms with Gasteiger partial charge in [0.05, 0.1) is 0 Å². The van der Waals surface area contributed by atoms with E-state index in [2.05, 4.69) is 61.5 Å². The van der Waals surface area contributed by atoms with Gasteiger partial charge in [-0.15, -0.1) is 0 Å². The number of aryl methyl sites for hydroxylation is 1. The summed E-state index contributed by atoms with van der Waals surface area (Å²) in [6, 6.07) is 21.1. The van der Waals surface area contributed by atoms with E-state index in [0.29, 0.717) is 0 Å². The molecule has 0 amide bonds. The molecule has 0 spiro atoms. The molecular formula is C16H13OTe+. The van der Waals surface area contributed by atoms with E-state index in [0.717, 1.165) is 5.76 Å². The van der Waals surface area contributed by atoms with Crippen LogP contribution in [0.4, 0.5) is 0 Å². The zero-order valence-electron chi connectivity index (χ0n) is 10.1. The molecule has 1 nitrogen and oxygen atoms in total. The van der Waals surface area contributed by atoms with Crippen LogP contribution in [0.15, 0.2) is 63.4 Å². The Hall–Kier alpha value is -1.36. The van der Waals surface area contributed by atoms with Crippen molar-refractivity contribution in [3.63, 3.8) is 0 Å². The van der Waals surface area contributed by atoms with Crippen LogP contribution in [0.25, 0.3) is 20.5 Å². The van der Waals surface area contributed by atoms with Crippen molar-refractivity contribution in [3.05, 3.63) is 66.2 Å². The maximum atomic E-state index is 5.94. The van der Waals surface area contributed by atoms with Crippen LogP contribution >= 0.6 is 0 Å². The van der Waals surface area contributed by atoms with Crippen LogP contribution in [0.1, 0.15) is 5.56 Å². The Balaban J connectivity index is 2.03. The second-order valence-electron chi connectivity index (χ2n) is 4.22. The van der Waals surface area contributed by atoms with Crippen LogP contribution in [-0.2, 0) is 0 Å². The molecule has 0 saturated carbocycles. The van der Waals surface area contributed by atoms with Crippen LogP contribution in [0.5, 0.6) is 0 Å². The molecule has 0 aliphatic rings. The number of rotatable bonds is 2.